The standard InChI is InChI=1S/C17H14F3N2O.ClH/c18-17(19,20)23-16-8-6-15(7-9-16)22-11-10-21(13-22)12-14-4-2-1-3-5-14;/h1-11,13H,12H2;1H/q+1;/p-1. The van der Waals surface area contributed by atoms with Crippen molar-refractivity contribution in [3.63, 3.8) is 0 Å². The monoisotopic (exact) mass is 354 g/mol. The lowest BCUT2D eigenvalue weighted by molar-refractivity contribution is -0.687. The lowest BCUT2D eigenvalue weighted by Gasteiger charge is -2.08. The first-order valence-electron chi connectivity index (χ1n) is 6.97. The third-order valence-electron chi connectivity index (χ3n) is 3.27. The van der Waals surface area contributed by atoms with Gasteiger partial charge in [0.15, 0.2) is 0 Å². The van der Waals surface area contributed by atoms with Crippen LogP contribution < -0.4 is 21.7 Å². The summed E-state index contributed by atoms with van der Waals surface area (Å²) < 4.78 is 44.1. The summed E-state index contributed by atoms with van der Waals surface area (Å²) in [7, 11) is 0. The van der Waals surface area contributed by atoms with Crippen molar-refractivity contribution >= 4 is 0 Å². The molecule has 0 fully saturated rings. The molecule has 0 N–H and O–H groups in total. The van der Waals surface area contributed by atoms with Crippen LogP contribution in [0, 0.1) is 0 Å². The molecule has 0 spiro atoms. The second kappa shape index (κ2) is 7.40. The van der Waals surface area contributed by atoms with Crippen LogP contribution in [0.3, 0.4) is 0 Å². The normalized spacial score (nSPS) is 11.0. The summed E-state index contributed by atoms with van der Waals surface area (Å²) in [5, 5.41) is 0. The van der Waals surface area contributed by atoms with Gasteiger partial charge in [0.2, 0.25) is 6.33 Å². The van der Waals surface area contributed by atoms with E-state index in [1.165, 1.54) is 17.7 Å². The number of imidazole rings is 1. The summed E-state index contributed by atoms with van der Waals surface area (Å²) in [6, 6.07) is 15.7. The van der Waals surface area contributed by atoms with Crippen LogP contribution in [0.2, 0.25) is 0 Å². The molecule has 3 rings (SSSR count). The molecule has 3 aromatic rings. The number of aromatic nitrogens is 2. The van der Waals surface area contributed by atoms with E-state index in [0.29, 0.717) is 0 Å². The molecule has 0 aliphatic heterocycles. The molecule has 0 atom stereocenters. The molecule has 0 aliphatic carbocycles. The van der Waals surface area contributed by atoms with E-state index in [9.17, 15) is 13.2 Å². The van der Waals surface area contributed by atoms with Gasteiger partial charge in [-0.1, -0.05) is 30.3 Å². The molecule has 0 unspecified atom stereocenters. The van der Waals surface area contributed by atoms with E-state index in [-0.39, 0.29) is 18.2 Å². The maximum Gasteiger partial charge on any atom is 0.573 e. The minimum atomic E-state index is -4.67. The van der Waals surface area contributed by atoms with Gasteiger partial charge in [0.05, 0.1) is 0 Å². The van der Waals surface area contributed by atoms with Crippen LogP contribution in [0.1, 0.15) is 5.56 Å². The molecular formula is C17H14ClF3N2O. The Hall–Kier alpha value is -2.47. The average molecular weight is 355 g/mol. The second-order valence-electron chi connectivity index (χ2n) is 5.02. The van der Waals surface area contributed by atoms with Crippen LogP contribution >= 0.6 is 0 Å². The van der Waals surface area contributed by atoms with Crippen LogP contribution in [-0.2, 0) is 6.54 Å². The molecular weight excluding hydrogens is 341 g/mol. The predicted molar refractivity (Wildman–Crippen MR) is 78.2 cm³/mol. The first kappa shape index (κ1) is 17.9. The fourth-order valence-corrected chi connectivity index (χ4v) is 2.25. The van der Waals surface area contributed by atoms with Crippen molar-refractivity contribution < 1.29 is 34.9 Å². The number of halogens is 4. The minimum Gasteiger partial charge on any atom is -1.00 e. The highest BCUT2D eigenvalue weighted by Crippen LogP contribution is 2.23. The number of alkyl halides is 3. The molecule has 1 aromatic heterocycles. The zero-order chi connectivity index (χ0) is 16.3. The Morgan fingerprint density at radius 2 is 1.62 bits per heavy atom. The molecule has 3 nitrogen and oxygen atoms in total. The van der Waals surface area contributed by atoms with E-state index < -0.39 is 6.36 Å². The van der Waals surface area contributed by atoms with Crippen molar-refractivity contribution in [2.24, 2.45) is 0 Å². The lowest BCUT2D eigenvalue weighted by Crippen LogP contribution is -3.00. The van der Waals surface area contributed by atoms with E-state index >= 15 is 0 Å². The van der Waals surface area contributed by atoms with Crippen molar-refractivity contribution in [3.8, 4) is 11.4 Å². The molecule has 7 heteroatoms. The van der Waals surface area contributed by atoms with Gasteiger partial charge in [-0.2, -0.15) is 0 Å². The Bertz CT molecular complexity index is 771. The van der Waals surface area contributed by atoms with Crippen molar-refractivity contribution in [3.05, 3.63) is 78.9 Å². The van der Waals surface area contributed by atoms with Crippen LogP contribution in [0.25, 0.3) is 5.69 Å². The van der Waals surface area contributed by atoms with Gasteiger partial charge in [0.1, 0.15) is 30.4 Å². The Morgan fingerprint density at radius 1 is 0.958 bits per heavy atom. The third kappa shape index (κ3) is 4.76. The summed E-state index contributed by atoms with van der Waals surface area (Å²) in [5.41, 5.74) is 1.93. The lowest BCUT2D eigenvalue weighted by atomic mass is 10.2. The van der Waals surface area contributed by atoms with Crippen molar-refractivity contribution in [2.45, 2.75) is 12.9 Å². The summed E-state index contributed by atoms with van der Waals surface area (Å²) in [5.74, 6) is -0.231. The van der Waals surface area contributed by atoms with Gasteiger partial charge in [0.25, 0.3) is 0 Å². The fourth-order valence-electron chi connectivity index (χ4n) is 2.25. The quantitative estimate of drug-likeness (QED) is 0.631. The SMILES string of the molecule is FC(F)(F)Oc1ccc(-n2cc[n+](Cc3ccccc3)c2)cc1.[Cl-]. The predicted octanol–water partition coefficient (Wildman–Crippen LogP) is 0.716. The first-order valence-corrected chi connectivity index (χ1v) is 6.97. The van der Waals surface area contributed by atoms with E-state index in [4.69, 9.17) is 0 Å². The molecule has 0 bridgehead atoms. The zero-order valence-corrected chi connectivity index (χ0v) is 13.2. The summed E-state index contributed by atoms with van der Waals surface area (Å²) in [6.45, 7) is 0.725. The van der Waals surface area contributed by atoms with Gasteiger partial charge in [-0.3, -0.25) is 0 Å². The highest BCUT2D eigenvalue weighted by molar-refractivity contribution is 5.37. The zero-order valence-electron chi connectivity index (χ0n) is 12.4. The highest BCUT2D eigenvalue weighted by atomic mass is 35.5. The van der Waals surface area contributed by atoms with Crippen molar-refractivity contribution in [1.82, 2.24) is 4.57 Å². The van der Waals surface area contributed by atoms with Crippen LogP contribution in [-0.4, -0.2) is 10.9 Å². The topological polar surface area (TPSA) is 18.0 Å². The summed E-state index contributed by atoms with van der Waals surface area (Å²) in [6.07, 6.45) is 0.968. The molecule has 2 aromatic carbocycles. The highest BCUT2D eigenvalue weighted by Gasteiger charge is 2.31. The molecule has 0 radical (unpaired) electrons. The molecule has 0 amide bonds. The molecule has 126 valence electrons. The Morgan fingerprint density at radius 3 is 2.25 bits per heavy atom. The number of hydrogen-bond donors (Lipinski definition) is 0. The van der Waals surface area contributed by atoms with E-state index in [2.05, 4.69) is 4.74 Å². The van der Waals surface area contributed by atoms with Crippen LogP contribution in [0.5, 0.6) is 5.75 Å². The maximum absolute atomic E-state index is 12.1. The fraction of sp³-hybridized carbons (Fsp3) is 0.118. The molecule has 0 saturated heterocycles. The van der Waals surface area contributed by atoms with Crippen LogP contribution in [0.15, 0.2) is 73.3 Å². The van der Waals surface area contributed by atoms with Gasteiger partial charge in [0, 0.05) is 0 Å². The number of rotatable bonds is 4. The Labute approximate surface area is 143 Å². The molecule has 0 saturated carbocycles. The molecule has 0 aliphatic rings. The van der Waals surface area contributed by atoms with Gasteiger partial charge in [-0.05, 0) is 29.8 Å². The van der Waals surface area contributed by atoms with Gasteiger partial charge in [-0.25, -0.2) is 9.13 Å². The number of ether oxygens (including phenoxy) is 1. The average Bonchev–Trinajstić information content (AvgIpc) is 2.96. The van der Waals surface area contributed by atoms with Crippen LogP contribution in [0.4, 0.5) is 13.2 Å². The van der Waals surface area contributed by atoms with E-state index in [1.807, 2.05) is 58.2 Å². The van der Waals surface area contributed by atoms with Gasteiger partial charge < -0.3 is 17.1 Å². The van der Waals surface area contributed by atoms with Gasteiger partial charge >= 0.3 is 6.36 Å². The summed E-state index contributed by atoms with van der Waals surface area (Å²) >= 11 is 0. The molecule has 24 heavy (non-hydrogen) atoms. The van der Waals surface area contributed by atoms with Gasteiger partial charge in [-0.15, -0.1) is 13.2 Å². The third-order valence-corrected chi connectivity index (χ3v) is 3.27. The summed E-state index contributed by atoms with van der Waals surface area (Å²) in [4.78, 5) is 0. The van der Waals surface area contributed by atoms with E-state index in [0.717, 1.165) is 12.2 Å². The number of nitrogens with zero attached hydrogens (tertiary/aromatic N) is 2. The van der Waals surface area contributed by atoms with Crippen molar-refractivity contribution in [2.75, 3.05) is 0 Å². The molecule has 1 heterocycles. The maximum atomic E-state index is 12.1. The Kier molecular flexibility index (Phi) is 5.51. The first-order chi connectivity index (χ1) is 11.0. The second-order valence-corrected chi connectivity index (χ2v) is 5.02. The van der Waals surface area contributed by atoms with E-state index in [1.54, 1.807) is 12.1 Å². The largest absolute Gasteiger partial charge is 1.00 e. The minimum absolute atomic E-state index is 0. The number of hydrogen-bond acceptors (Lipinski definition) is 1. The Balaban J connectivity index is 0.00000208. The number of benzene rings is 2. The van der Waals surface area contributed by atoms with Crippen molar-refractivity contribution in [1.29, 1.82) is 0 Å². The smallest absolute Gasteiger partial charge is 0.573 e.